The maximum absolute atomic E-state index is 12.7. The second kappa shape index (κ2) is 11.3. The van der Waals surface area contributed by atoms with E-state index in [0.717, 1.165) is 21.7 Å². The van der Waals surface area contributed by atoms with Crippen molar-refractivity contribution in [1.29, 1.82) is 5.26 Å². The molecule has 7 nitrogen and oxygen atoms in total. The largest absolute Gasteiger partial charge is 0.348 e. The second-order valence-electron chi connectivity index (χ2n) is 6.52. The molecular formula is C22H22BrN5O2S. The molecule has 2 aromatic heterocycles. The van der Waals surface area contributed by atoms with Crippen LogP contribution in [0.1, 0.15) is 27.2 Å². The number of carbonyl (C=O) groups excluding carboxylic acids is 1. The summed E-state index contributed by atoms with van der Waals surface area (Å²) in [5.41, 5.74) is 7.37. The van der Waals surface area contributed by atoms with Crippen molar-refractivity contribution in [1.82, 2.24) is 14.9 Å². The fourth-order valence-corrected chi connectivity index (χ4v) is 3.61. The predicted molar refractivity (Wildman–Crippen MR) is 126 cm³/mol. The van der Waals surface area contributed by atoms with Crippen LogP contribution in [0.4, 0.5) is 0 Å². The maximum Gasteiger partial charge on any atom is 0.257 e. The molecule has 0 radical (unpaired) electrons. The van der Waals surface area contributed by atoms with Crippen LogP contribution in [0.2, 0.25) is 0 Å². The monoisotopic (exact) mass is 499 g/mol. The zero-order valence-corrected chi connectivity index (χ0v) is 19.8. The third-order valence-electron chi connectivity index (χ3n) is 4.38. The van der Waals surface area contributed by atoms with Crippen molar-refractivity contribution in [2.45, 2.75) is 25.3 Å². The number of carbonyl (C=O) groups is 1. The van der Waals surface area contributed by atoms with Gasteiger partial charge in [0.1, 0.15) is 5.56 Å². The molecular weight excluding hydrogens is 478 g/mol. The van der Waals surface area contributed by atoms with Gasteiger partial charge < -0.3 is 15.6 Å². The molecule has 1 aromatic carbocycles. The number of nitrogens with zero attached hydrogens (tertiary/aromatic N) is 3. The van der Waals surface area contributed by atoms with Crippen LogP contribution < -0.4 is 16.5 Å². The Labute approximate surface area is 193 Å². The van der Waals surface area contributed by atoms with E-state index in [1.807, 2.05) is 50.4 Å². The van der Waals surface area contributed by atoms with Crippen molar-refractivity contribution in [3.8, 4) is 11.9 Å². The molecule has 1 amide bonds. The number of amides is 1. The minimum atomic E-state index is -0.408. The van der Waals surface area contributed by atoms with E-state index in [-0.39, 0.29) is 11.0 Å². The Bertz CT molecular complexity index is 1170. The van der Waals surface area contributed by atoms with Gasteiger partial charge in [-0.3, -0.25) is 14.6 Å². The van der Waals surface area contributed by atoms with E-state index in [4.69, 9.17) is 5.26 Å². The summed E-state index contributed by atoms with van der Waals surface area (Å²) in [6.07, 6.45) is 8.30. The van der Waals surface area contributed by atoms with Crippen molar-refractivity contribution >= 4 is 33.6 Å². The molecule has 0 bridgehead atoms. The predicted octanol–water partition coefficient (Wildman–Crippen LogP) is 3.69. The first kappa shape index (κ1) is 24.2. The number of aryl methyl sites for hydroxylation is 1. The molecule has 0 atom stereocenters. The molecule has 0 aliphatic carbocycles. The van der Waals surface area contributed by atoms with Crippen molar-refractivity contribution in [3.05, 3.63) is 86.0 Å². The van der Waals surface area contributed by atoms with E-state index >= 15 is 0 Å². The minimum absolute atomic E-state index is 0.0831. The van der Waals surface area contributed by atoms with Crippen LogP contribution in [0.3, 0.4) is 0 Å². The molecule has 0 spiro atoms. The number of nitriles is 1. The highest BCUT2D eigenvalue weighted by molar-refractivity contribution is 9.10. The molecule has 0 unspecified atom stereocenters. The Morgan fingerprint density at radius 3 is 2.52 bits per heavy atom. The summed E-state index contributed by atoms with van der Waals surface area (Å²) in [6, 6.07) is 9.90. The average Bonchev–Trinajstić information content (AvgIpc) is 2.77. The van der Waals surface area contributed by atoms with Crippen LogP contribution in [-0.2, 0) is 6.54 Å². The average molecular weight is 500 g/mol. The molecule has 2 heterocycles. The van der Waals surface area contributed by atoms with E-state index in [9.17, 15) is 9.59 Å². The molecule has 0 fully saturated rings. The van der Waals surface area contributed by atoms with Gasteiger partial charge >= 0.3 is 0 Å². The zero-order chi connectivity index (χ0) is 23.0. The molecule has 0 aliphatic rings. The van der Waals surface area contributed by atoms with Gasteiger partial charge in [-0.05, 0) is 65.4 Å². The van der Waals surface area contributed by atoms with Crippen LogP contribution in [0.25, 0.3) is 5.69 Å². The normalized spacial score (nSPS) is 9.90. The highest BCUT2D eigenvalue weighted by Crippen LogP contribution is 2.18. The van der Waals surface area contributed by atoms with E-state index in [1.165, 1.54) is 6.19 Å². The van der Waals surface area contributed by atoms with Crippen LogP contribution in [0, 0.1) is 25.3 Å². The van der Waals surface area contributed by atoms with Gasteiger partial charge in [-0.2, -0.15) is 5.26 Å². The van der Waals surface area contributed by atoms with Gasteiger partial charge in [0.2, 0.25) is 5.43 Å². The summed E-state index contributed by atoms with van der Waals surface area (Å²) in [5.74, 6) is -0.408. The number of halogens is 1. The molecule has 160 valence electrons. The van der Waals surface area contributed by atoms with Crippen molar-refractivity contribution in [2.24, 2.45) is 5.73 Å². The molecule has 0 aliphatic heterocycles. The summed E-state index contributed by atoms with van der Waals surface area (Å²) < 4.78 is 2.17. The standard InChI is InChI=1S/C21H20BrN3O2S.CH2N2/c1-13-8-16(11-23-9-13)25-12-18(20(26)19(22)14(25)2)21(27)24-10-15-4-6-17(28-3)7-5-15;2-1-3/h4-9,11-12H,10H2,1-3H3,(H,24,27);2H2. The number of hydrogen-bond acceptors (Lipinski definition) is 6. The molecule has 3 aromatic rings. The van der Waals surface area contributed by atoms with Crippen LogP contribution >= 0.6 is 27.7 Å². The lowest BCUT2D eigenvalue weighted by atomic mass is 10.2. The summed E-state index contributed by atoms with van der Waals surface area (Å²) in [5, 5.41) is 9.93. The summed E-state index contributed by atoms with van der Waals surface area (Å²) in [6.45, 7) is 4.12. The SMILES string of the molecule is CSc1ccc(CNC(=O)c2cn(-c3cncc(C)c3)c(C)c(Br)c2=O)cc1.N#CN. The van der Waals surface area contributed by atoms with Gasteiger partial charge in [0.05, 0.1) is 16.4 Å². The zero-order valence-electron chi connectivity index (χ0n) is 17.3. The second-order valence-corrected chi connectivity index (χ2v) is 8.19. The number of pyridine rings is 2. The molecule has 31 heavy (non-hydrogen) atoms. The number of benzene rings is 1. The fourth-order valence-electron chi connectivity index (χ4n) is 2.79. The van der Waals surface area contributed by atoms with Crippen LogP contribution in [0.15, 0.2) is 63.1 Å². The fraction of sp³-hybridized carbons (Fsp3) is 0.182. The van der Waals surface area contributed by atoms with Gasteiger partial charge in [-0.15, -0.1) is 11.8 Å². The number of nitrogens with two attached hydrogens (primary N) is 1. The Balaban J connectivity index is 0.00000107. The lowest BCUT2D eigenvalue weighted by Crippen LogP contribution is -2.30. The number of nitrogens with one attached hydrogen (secondary N) is 1. The van der Waals surface area contributed by atoms with Gasteiger partial charge in [0.15, 0.2) is 6.19 Å². The van der Waals surface area contributed by atoms with Crippen molar-refractivity contribution in [3.63, 3.8) is 0 Å². The molecule has 0 saturated heterocycles. The van der Waals surface area contributed by atoms with Gasteiger partial charge in [0.25, 0.3) is 5.91 Å². The Kier molecular flexibility index (Phi) is 8.85. The Hall–Kier alpha value is -3.09. The summed E-state index contributed by atoms with van der Waals surface area (Å²) in [7, 11) is 0. The quantitative estimate of drug-likeness (QED) is 0.314. The molecule has 9 heteroatoms. The molecule has 3 N–H and O–H groups in total. The highest BCUT2D eigenvalue weighted by atomic mass is 79.9. The van der Waals surface area contributed by atoms with E-state index in [0.29, 0.717) is 16.7 Å². The van der Waals surface area contributed by atoms with E-state index < -0.39 is 5.91 Å². The lowest BCUT2D eigenvalue weighted by molar-refractivity contribution is 0.0949. The summed E-state index contributed by atoms with van der Waals surface area (Å²) >= 11 is 5.00. The van der Waals surface area contributed by atoms with Crippen molar-refractivity contribution < 1.29 is 4.79 Å². The molecule has 3 rings (SSSR count). The highest BCUT2D eigenvalue weighted by Gasteiger charge is 2.17. The number of thioether (sulfide) groups is 1. The number of rotatable bonds is 5. The number of hydrogen-bond donors (Lipinski definition) is 2. The van der Waals surface area contributed by atoms with Gasteiger partial charge in [-0.25, -0.2) is 0 Å². The number of aromatic nitrogens is 2. The topological polar surface area (TPSA) is 114 Å². The first-order chi connectivity index (χ1) is 14.8. The van der Waals surface area contributed by atoms with Gasteiger partial charge in [-0.1, -0.05) is 12.1 Å². The minimum Gasteiger partial charge on any atom is -0.348 e. The van der Waals surface area contributed by atoms with Crippen molar-refractivity contribution in [2.75, 3.05) is 6.26 Å². The molecule has 0 saturated carbocycles. The third-order valence-corrected chi connectivity index (χ3v) is 6.05. The first-order valence-electron chi connectivity index (χ1n) is 9.17. The van der Waals surface area contributed by atoms with E-state index in [1.54, 1.807) is 34.9 Å². The Morgan fingerprint density at radius 1 is 1.29 bits per heavy atom. The lowest BCUT2D eigenvalue weighted by Gasteiger charge is -2.15. The van der Waals surface area contributed by atoms with Crippen LogP contribution in [0.5, 0.6) is 0 Å². The maximum atomic E-state index is 12.7. The summed E-state index contributed by atoms with van der Waals surface area (Å²) in [4.78, 5) is 30.7. The van der Waals surface area contributed by atoms with Gasteiger partial charge in [0, 0.05) is 29.5 Å². The first-order valence-corrected chi connectivity index (χ1v) is 11.2. The van der Waals surface area contributed by atoms with E-state index in [2.05, 4.69) is 32.0 Å². The Morgan fingerprint density at radius 2 is 1.94 bits per heavy atom. The smallest absolute Gasteiger partial charge is 0.257 e. The van der Waals surface area contributed by atoms with Crippen LogP contribution in [-0.4, -0.2) is 21.7 Å². The third kappa shape index (κ3) is 6.20.